The van der Waals surface area contributed by atoms with Gasteiger partial charge in [0, 0.05) is 0 Å². The third-order valence-corrected chi connectivity index (χ3v) is 6.63. The summed E-state index contributed by atoms with van der Waals surface area (Å²) in [5, 5.41) is 0. The van der Waals surface area contributed by atoms with Gasteiger partial charge in [-0.25, -0.2) is 0 Å². The van der Waals surface area contributed by atoms with E-state index in [1.54, 1.807) is 5.57 Å². The molecular weight excluding hydrogens is 248 g/mol. The highest BCUT2D eigenvalue weighted by molar-refractivity contribution is 9.11. The van der Waals surface area contributed by atoms with E-state index in [0.29, 0.717) is 0 Å². The number of allylic oxidation sites excluding steroid dienone is 1. The maximum Gasteiger partial charge on any atom is -0.0133 e. The van der Waals surface area contributed by atoms with Crippen LogP contribution in [0.3, 0.4) is 0 Å². The molecule has 0 aromatic rings. The molecule has 4 unspecified atom stereocenters. The third-order valence-electron chi connectivity index (χ3n) is 6.04. The van der Waals surface area contributed by atoms with Gasteiger partial charge in [-0.2, -0.15) is 0 Å². The Bertz CT molecular complexity index is 306. The van der Waals surface area contributed by atoms with Gasteiger partial charge in [-0.3, -0.25) is 0 Å². The predicted molar refractivity (Wildman–Crippen MR) is 67.8 cm³/mol. The summed E-state index contributed by atoms with van der Waals surface area (Å²) in [4.78, 5) is 2.25. The summed E-state index contributed by atoms with van der Waals surface area (Å²) in [5.41, 5.74) is 2.46. The van der Waals surface area contributed by atoms with Crippen molar-refractivity contribution < 1.29 is 0 Å². The van der Waals surface area contributed by atoms with Crippen LogP contribution in [0.15, 0.2) is 10.6 Å². The van der Waals surface area contributed by atoms with E-state index in [1.165, 1.54) is 32.1 Å². The molecule has 0 bridgehead atoms. The first-order chi connectivity index (χ1) is 7.21. The molecule has 0 aromatic carbocycles. The van der Waals surface area contributed by atoms with Gasteiger partial charge in [0.2, 0.25) is 0 Å². The third kappa shape index (κ3) is 1.09. The highest BCUT2D eigenvalue weighted by Gasteiger charge is 2.64. The Kier molecular flexibility index (Phi) is 2.32. The highest BCUT2D eigenvalue weighted by Crippen LogP contribution is 2.72. The summed E-state index contributed by atoms with van der Waals surface area (Å²) in [6, 6.07) is 0. The SMILES string of the molecule is CC1C2CCC3/C(=C/Br)CCCC32[C@H]1C. The zero-order valence-electron chi connectivity index (χ0n) is 9.80. The molecule has 5 atom stereocenters. The van der Waals surface area contributed by atoms with Crippen molar-refractivity contribution in [1.29, 1.82) is 0 Å². The lowest BCUT2D eigenvalue weighted by Crippen LogP contribution is -2.55. The second-order valence-corrected chi connectivity index (χ2v) is 6.49. The van der Waals surface area contributed by atoms with Gasteiger partial charge >= 0.3 is 0 Å². The largest absolute Gasteiger partial charge is 0.0619 e. The van der Waals surface area contributed by atoms with Crippen molar-refractivity contribution in [3.63, 3.8) is 0 Å². The van der Waals surface area contributed by atoms with E-state index in [9.17, 15) is 0 Å². The molecule has 0 saturated heterocycles. The van der Waals surface area contributed by atoms with Crippen LogP contribution in [0.1, 0.15) is 46.0 Å². The predicted octanol–water partition coefficient (Wildman–Crippen LogP) is 4.75. The average molecular weight is 269 g/mol. The van der Waals surface area contributed by atoms with Crippen LogP contribution in [0.2, 0.25) is 0 Å². The maximum atomic E-state index is 3.59. The quantitative estimate of drug-likeness (QED) is 0.595. The molecule has 3 aliphatic rings. The Balaban J connectivity index is 1.97. The molecule has 0 nitrogen and oxygen atoms in total. The van der Waals surface area contributed by atoms with Crippen molar-refractivity contribution >= 4 is 15.9 Å². The van der Waals surface area contributed by atoms with E-state index in [4.69, 9.17) is 0 Å². The van der Waals surface area contributed by atoms with Crippen molar-refractivity contribution in [2.75, 3.05) is 0 Å². The van der Waals surface area contributed by atoms with Crippen LogP contribution in [-0.4, -0.2) is 0 Å². The molecule has 3 saturated carbocycles. The second-order valence-electron chi connectivity index (χ2n) is 6.03. The van der Waals surface area contributed by atoms with Crippen LogP contribution >= 0.6 is 15.9 Å². The van der Waals surface area contributed by atoms with E-state index >= 15 is 0 Å². The van der Waals surface area contributed by atoms with Gasteiger partial charge in [-0.15, -0.1) is 0 Å². The van der Waals surface area contributed by atoms with Crippen molar-refractivity contribution in [2.24, 2.45) is 29.1 Å². The zero-order valence-corrected chi connectivity index (χ0v) is 11.4. The van der Waals surface area contributed by atoms with Crippen molar-refractivity contribution in [3.8, 4) is 0 Å². The molecule has 1 spiro atoms. The van der Waals surface area contributed by atoms with E-state index in [2.05, 4.69) is 34.8 Å². The van der Waals surface area contributed by atoms with Crippen LogP contribution in [-0.2, 0) is 0 Å². The van der Waals surface area contributed by atoms with Crippen molar-refractivity contribution in [1.82, 2.24) is 0 Å². The van der Waals surface area contributed by atoms with Gasteiger partial charge in [0.25, 0.3) is 0 Å². The number of rotatable bonds is 0. The van der Waals surface area contributed by atoms with E-state index in [1.807, 2.05) is 0 Å². The van der Waals surface area contributed by atoms with Crippen LogP contribution < -0.4 is 0 Å². The second kappa shape index (κ2) is 3.35. The minimum atomic E-state index is 0.733. The van der Waals surface area contributed by atoms with E-state index in [0.717, 1.165) is 29.1 Å². The summed E-state index contributed by atoms with van der Waals surface area (Å²) in [6.07, 6.45) is 7.27. The molecule has 84 valence electrons. The van der Waals surface area contributed by atoms with Gasteiger partial charge in [0.15, 0.2) is 0 Å². The van der Waals surface area contributed by atoms with Crippen molar-refractivity contribution in [2.45, 2.75) is 46.0 Å². The monoisotopic (exact) mass is 268 g/mol. The van der Waals surface area contributed by atoms with Crippen molar-refractivity contribution in [3.05, 3.63) is 10.6 Å². The van der Waals surface area contributed by atoms with E-state index < -0.39 is 0 Å². The first-order valence-electron chi connectivity index (χ1n) is 6.51. The molecule has 1 heteroatoms. The molecule has 0 amide bonds. The molecule has 0 radical (unpaired) electrons. The Morgan fingerprint density at radius 2 is 2.13 bits per heavy atom. The first-order valence-corrected chi connectivity index (χ1v) is 7.42. The average Bonchev–Trinajstić information content (AvgIpc) is 2.64. The minimum absolute atomic E-state index is 0.733. The summed E-state index contributed by atoms with van der Waals surface area (Å²) >= 11 is 3.59. The minimum Gasteiger partial charge on any atom is -0.0619 e. The van der Waals surface area contributed by atoms with Gasteiger partial charge in [0.05, 0.1) is 0 Å². The molecule has 0 N–H and O–H groups in total. The number of hydrogen-bond donors (Lipinski definition) is 0. The summed E-state index contributed by atoms with van der Waals surface area (Å²) in [7, 11) is 0. The van der Waals surface area contributed by atoms with Gasteiger partial charge in [-0.1, -0.05) is 35.4 Å². The fraction of sp³-hybridized carbons (Fsp3) is 0.857. The molecule has 0 heterocycles. The Morgan fingerprint density at radius 1 is 1.33 bits per heavy atom. The van der Waals surface area contributed by atoms with Gasteiger partial charge in [0.1, 0.15) is 0 Å². The van der Waals surface area contributed by atoms with Crippen LogP contribution in [0.5, 0.6) is 0 Å². The first kappa shape index (κ1) is 10.4. The molecule has 3 fully saturated rings. The topological polar surface area (TPSA) is 0 Å². The lowest BCUT2D eigenvalue weighted by Gasteiger charge is -2.61. The van der Waals surface area contributed by atoms with Gasteiger partial charge in [-0.05, 0) is 66.2 Å². The number of hydrogen-bond acceptors (Lipinski definition) is 0. The Hall–Kier alpha value is 0.220. The van der Waals surface area contributed by atoms with Gasteiger partial charge < -0.3 is 0 Å². The maximum absolute atomic E-state index is 3.59. The Labute approximate surface area is 102 Å². The molecule has 3 rings (SSSR count). The molecule has 15 heavy (non-hydrogen) atoms. The summed E-state index contributed by atoms with van der Waals surface area (Å²) < 4.78 is 0. The summed E-state index contributed by atoms with van der Waals surface area (Å²) in [5.74, 6) is 3.95. The highest BCUT2D eigenvalue weighted by atomic mass is 79.9. The Morgan fingerprint density at radius 3 is 2.87 bits per heavy atom. The molecule has 0 aliphatic heterocycles. The zero-order chi connectivity index (χ0) is 10.6. The summed E-state index contributed by atoms with van der Waals surface area (Å²) in [6.45, 7) is 4.99. The van der Waals surface area contributed by atoms with E-state index in [-0.39, 0.29) is 0 Å². The molecule has 0 aromatic heterocycles. The fourth-order valence-electron chi connectivity index (χ4n) is 5.29. The lowest BCUT2D eigenvalue weighted by molar-refractivity contribution is -0.117. The van der Waals surface area contributed by atoms with Crippen LogP contribution in [0.25, 0.3) is 0 Å². The standard InChI is InChI=1S/C14H21Br/c1-9-10(2)14-7-3-4-11(8-15)13(14)6-5-12(9)14/h8-10,12-13H,3-7H2,1-2H3/b11-8+/t9?,10-,12?,13?,14?/m0/s1. The molecular formula is C14H21Br. The van der Waals surface area contributed by atoms with Crippen LogP contribution in [0.4, 0.5) is 0 Å². The number of halogens is 1. The molecule has 3 aliphatic carbocycles. The lowest BCUT2D eigenvalue weighted by atomic mass is 9.43. The normalized spacial score (nSPS) is 56.1. The smallest absolute Gasteiger partial charge is 0.0133 e. The van der Waals surface area contributed by atoms with Crippen LogP contribution in [0, 0.1) is 29.1 Å². The fourth-order valence-corrected chi connectivity index (χ4v) is 5.84.